The Labute approximate surface area is 174 Å². The lowest BCUT2D eigenvalue weighted by molar-refractivity contribution is -0.147. The van der Waals surface area contributed by atoms with Crippen molar-refractivity contribution in [2.75, 3.05) is 19.0 Å². The lowest BCUT2D eigenvalue weighted by Crippen LogP contribution is -2.21. The fourth-order valence-corrected chi connectivity index (χ4v) is 3.46. The number of Topliss-reactive ketones (excluding diaryl/α,β-unsaturated/α-hetero) is 1. The van der Waals surface area contributed by atoms with Crippen molar-refractivity contribution in [3.63, 3.8) is 0 Å². The van der Waals surface area contributed by atoms with E-state index in [1.165, 1.54) is 24.3 Å². The van der Waals surface area contributed by atoms with Crippen LogP contribution in [-0.4, -0.2) is 31.4 Å². The highest BCUT2D eigenvalue weighted by atomic mass is 35.5. The molecule has 6 nitrogen and oxygen atoms in total. The SMILES string of the molecule is COc1ccc(Cl)cc1NC(=O)COC(=O)CCC(=O)c1ccc2c(c1)CCC2. The second-order valence-electron chi connectivity index (χ2n) is 6.81. The molecule has 0 saturated carbocycles. The molecule has 1 aliphatic carbocycles. The Morgan fingerprint density at radius 3 is 2.62 bits per heavy atom. The fourth-order valence-electron chi connectivity index (χ4n) is 3.29. The van der Waals surface area contributed by atoms with Gasteiger partial charge in [-0.15, -0.1) is 0 Å². The third-order valence-corrected chi connectivity index (χ3v) is 5.01. The van der Waals surface area contributed by atoms with Gasteiger partial charge in [0.05, 0.1) is 19.2 Å². The van der Waals surface area contributed by atoms with Gasteiger partial charge in [0, 0.05) is 17.0 Å². The number of methoxy groups -OCH3 is 1. The zero-order valence-corrected chi connectivity index (χ0v) is 16.9. The first kappa shape index (κ1) is 20.9. The van der Waals surface area contributed by atoms with E-state index in [4.69, 9.17) is 21.1 Å². The zero-order chi connectivity index (χ0) is 20.8. The number of anilines is 1. The summed E-state index contributed by atoms with van der Waals surface area (Å²) in [4.78, 5) is 36.2. The van der Waals surface area contributed by atoms with Gasteiger partial charge < -0.3 is 14.8 Å². The number of fused-ring (bicyclic) bond motifs is 1. The normalized spacial score (nSPS) is 12.2. The molecule has 29 heavy (non-hydrogen) atoms. The number of hydrogen-bond donors (Lipinski definition) is 1. The maximum absolute atomic E-state index is 12.3. The van der Waals surface area contributed by atoms with E-state index in [9.17, 15) is 14.4 Å². The molecule has 152 valence electrons. The first-order valence-corrected chi connectivity index (χ1v) is 9.78. The molecule has 2 aromatic rings. The topological polar surface area (TPSA) is 81.7 Å². The number of aryl methyl sites for hydroxylation is 2. The van der Waals surface area contributed by atoms with Crippen LogP contribution in [0.15, 0.2) is 36.4 Å². The van der Waals surface area contributed by atoms with Crippen LogP contribution in [-0.2, 0) is 27.2 Å². The standard InChI is InChI=1S/C22H22ClNO5/c1-28-20-9-7-17(23)12-18(20)24-21(26)13-29-22(27)10-8-19(25)16-6-5-14-3-2-4-15(14)11-16/h5-7,9,11-12H,2-4,8,10,13H2,1H3,(H,24,26). The van der Waals surface area contributed by atoms with E-state index in [-0.39, 0.29) is 18.6 Å². The van der Waals surface area contributed by atoms with Crippen molar-refractivity contribution in [1.29, 1.82) is 0 Å². The summed E-state index contributed by atoms with van der Waals surface area (Å²) in [6.07, 6.45) is 3.12. The largest absolute Gasteiger partial charge is 0.495 e. The molecule has 1 amide bonds. The molecule has 1 aliphatic rings. The number of ketones is 1. The molecule has 7 heteroatoms. The Balaban J connectivity index is 1.44. The number of amides is 1. The predicted octanol–water partition coefficient (Wildman–Crippen LogP) is 3.98. The molecule has 0 radical (unpaired) electrons. The van der Waals surface area contributed by atoms with Crippen molar-refractivity contribution in [2.45, 2.75) is 32.1 Å². The molecule has 0 aliphatic heterocycles. The third kappa shape index (κ3) is 5.57. The smallest absolute Gasteiger partial charge is 0.306 e. The van der Waals surface area contributed by atoms with Crippen LogP contribution in [0.2, 0.25) is 5.02 Å². The van der Waals surface area contributed by atoms with E-state index < -0.39 is 18.5 Å². The number of halogens is 1. The Kier molecular flexibility index (Phi) is 6.88. The van der Waals surface area contributed by atoms with Gasteiger partial charge in [-0.25, -0.2) is 0 Å². The molecule has 0 spiro atoms. The molecule has 0 fully saturated rings. The molecule has 0 atom stereocenters. The molecule has 0 aromatic heterocycles. The van der Waals surface area contributed by atoms with Crippen molar-refractivity contribution in [3.8, 4) is 5.75 Å². The van der Waals surface area contributed by atoms with Crippen molar-refractivity contribution in [3.05, 3.63) is 58.1 Å². The first-order valence-electron chi connectivity index (χ1n) is 9.40. The number of nitrogens with one attached hydrogen (secondary N) is 1. The summed E-state index contributed by atoms with van der Waals surface area (Å²) in [6.45, 7) is -0.457. The summed E-state index contributed by atoms with van der Waals surface area (Å²) >= 11 is 5.91. The second kappa shape index (κ2) is 9.56. The second-order valence-corrected chi connectivity index (χ2v) is 7.25. The average molecular weight is 416 g/mol. The van der Waals surface area contributed by atoms with Gasteiger partial charge in [0.25, 0.3) is 5.91 Å². The van der Waals surface area contributed by atoms with Gasteiger partial charge in [0.1, 0.15) is 5.75 Å². The number of ether oxygens (including phenoxy) is 2. The summed E-state index contributed by atoms with van der Waals surface area (Å²) in [5.74, 6) is -0.796. The van der Waals surface area contributed by atoms with Crippen LogP contribution in [0.25, 0.3) is 0 Å². The lowest BCUT2D eigenvalue weighted by Gasteiger charge is -2.11. The van der Waals surface area contributed by atoms with Gasteiger partial charge in [0.15, 0.2) is 12.4 Å². The minimum absolute atomic E-state index is 0.0430. The third-order valence-electron chi connectivity index (χ3n) is 4.78. The molecule has 3 rings (SSSR count). The molecular formula is C22H22ClNO5. The van der Waals surface area contributed by atoms with Crippen LogP contribution in [0.3, 0.4) is 0 Å². The number of rotatable bonds is 8. The Hall–Kier alpha value is -2.86. The number of hydrogen-bond acceptors (Lipinski definition) is 5. The maximum Gasteiger partial charge on any atom is 0.306 e. The molecular weight excluding hydrogens is 394 g/mol. The quantitative estimate of drug-likeness (QED) is 0.521. The predicted molar refractivity (Wildman–Crippen MR) is 110 cm³/mol. The van der Waals surface area contributed by atoms with E-state index in [0.29, 0.717) is 22.0 Å². The van der Waals surface area contributed by atoms with Crippen molar-refractivity contribution >= 4 is 34.9 Å². The van der Waals surface area contributed by atoms with Crippen LogP contribution in [0.5, 0.6) is 5.75 Å². The van der Waals surface area contributed by atoms with E-state index in [2.05, 4.69) is 5.32 Å². The van der Waals surface area contributed by atoms with Crippen LogP contribution >= 0.6 is 11.6 Å². The summed E-state index contributed by atoms with van der Waals surface area (Å²) in [6, 6.07) is 10.5. The highest BCUT2D eigenvalue weighted by molar-refractivity contribution is 6.31. The highest BCUT2D eigenvalue weighted by Crippen LogP contribution is 2.27. The summed E-state index contributed by atoms with van der Waals surface area (Å²) in [5, 5.41) is 3.01. The number of carbonyl (C=O) groups excluding carboxylic acids is 3. The number of benzene rings is 2. The molecule has 0 heterocycles. The van der Waals surface area contributed by atoms with E-state index in [0.717, 1.165) is 19.3 Å². The summed E-state index contributed by atoms with van der Waals surface area (Å²) in [7, 11) is 1.47. The van der Waals surface area contributed by atoms with Crippen molar-refractivity contribution in [1.82, 2.24) is 0 Å². The Bertz CT molecular complexity index is 941. The Morgan fingerprint density at radius 2 is 1.83 bits per heavy atom. The van der Waals surface area contributed by atoms with Gasteiger partial charge in [0.2, 0.25) is 0 Å². The fraction of sp³-hybridized carbons (Fsp3) is 0.318. The summed E-state index contributed by atoms with van der Waals surface area (Å²) in [5.41, 5.74) is 3.51. The van der Waals surface area contributed by atoms with Gasteiger partial charge in [-0.3, -0.25) is 14.4 Å². The van der Waals surface area contributed by atoms with E-state index in [1.807, 2.05) is 18.2 Å². The van der Waals surface area contributed by atoms with Crippen molar-refractivity contribution in [2.24, 2.45) is 0 Å². The maximum atomic E-state index is 12.3. The van der Waals surface area contributed by atoms with Gasteiger partial charge in [-0.05, 0) is 54.7 Å². The molecule has 1 N–H and O–H groups in total. The molecule has 0 saturated heterocycles. The molecule has 2 aromatic carbocycles. The van der Waals surface area contributed by atoms with E-state index in [1.54, 1.807) is 12.1 Å². The lowest BCUT2D eigenvalue weighted by atomic mass is 10.0. The minimum atomic E-state index is -0.604. The molecule has 0 bridgehead atoms. The monoisotopic (exact) mass is 415 g/mol. The van der Waals surface area contributed by atoms with Crippen LogP contribution in [0, 0.1) is 0 Å². The van der Waals surface area contributed by atoms with Crippen LogP contribution in [0.1, 0.15) is 40.7 Å². The Morgan fingerprint density at radius 1 is 1.03 bits per heavy atom. The highest BCUT2D eigenvalue weighted by Gasteiger charge is 2.16. The minimum Gasteiger partial charge on any atom is -0.495 e. The van der Waals surface area contributed by atoms with Crippen LogP contribution in [0.4, 0.5) is 5.69 Å². The first-order chi connectivity index (χ1) is 14.0. The average Bonchev–Trinajstić information content (AvgIpc) is 3.18. The van der Waals surface area contributed by atoms with Gasteiger partial charge in [-0.1, -0.05) is 23.7 Å². The van der Waals surface area contributed by atoms with Crippen molar-refractivity contribution < 1.29 is 23.9 Å². The van der Waals surface area contributed by atoms with E-state index >= 15 is 0 Å². The molecule has 0 unspecified atom stereocenters. The van der Waals surface area contributed by atoms with Crippen LogP contribution < -0.4 is 10.1 Å². The zero-order valence-electron chi connectivity index (χ0n) is 16.1. The van der Waals surface area contributed by atoms with Gasteiger partial charge >= 0.3 is 5.97 Å². The number of esters is 1. The number of carbonyl (C=O) groups is 3. The van der Waals surface area contributed by atoms with Gasteiger partial charge in [-0.2, -0.15) is 0 Å². The summed E-state index contributed by atoms with van der Waals surface area (Å²) < 4.78 is 10.1.